The Hall–Kier alpha value is -1.58. The lowest BCUT2D eigenvalue weighted by atomic mass is 9.84. The minimum absolute atomic E-state index is 0.0615. The van der Waals surface area contributed by atoms with Crippen molar-refractivity contribution in [3.8, 4) is 0 Å². The Balaban J connectivity index is 1.56. The van der Waals surface area contributed by atoms with Gasteiger partial charge in [-0.15, -0.1) is 0 Å². The van der Waals surface area contributed by atoms with Crippen LogP contribution in [0, 0.1) is 17.8 Å². The maximum atomic E-state index is 12.1. The van der Waals surface area contributed by atoms with Gasteiger partial charge in [0.05, 0.1) is 0 Å². The molecule has 0 aromatic carbocycles. The second-order valence-corrected chi connectivity index (χ2v) is 6.36. The molecule has 1 aromatic rings. The highest BCUT2D eigenvalue weighted by atomic mass is 16.2. The van der Waals surface area contributed by atoms with E-state index in [0.717, 1.165) is 11.8 Å². The van der Waals surface area contributed by atoms with Crippen molar-refractivity contribution in [3.05, 3.63) is 34.7 Å². The van der Waals surface area contributed by atoms with Gasteiger partial charge in [-0.1, -0.05) is 12.5 Å². The zero-order valence-electron chi connectivity index (χ0n) is 11.9. The van der Waals surface area contributed by atoms with Gasteiger partial charge in [0.2, 0.25) is 5.91 Å². The first kappa shape index (κ1) is 13.4. The number of hydrogen-bond donors (Lipinski definition) is 1. The van der Waals surface area contributed by atoms with E-state index < -0.39 is 0 Å². The molecule has 0 spiro atoms. The first-order valence-electron chi connectivity index (χ1n) is 7.58. The molecule has 1 amide bonds. The summed E-state index contributed by atoms with van der Waals surface area (Å²) in [4.78, 5) is 23.7. The molecule has 3 rings (SSSR count). The number of amides is 1. The molecule has 2 aliphatic rings. The average Bonchev–Trinajstić information content (AvgIpc) is 3.03. The Kier molecular flexibility index (Phi) is 3.64. The molecule has 4 atom stereocenters. The number of nitrogens with one attached hydrogen (secondary N) is 1. The highest BCUT2D eigenvalue weighted by molar-refractivity contribution is 5.76. The van der Waals surface area contributed by atoms with Crippen LogP contribution in [0.4, 0.5) is 0 Å². The van der Waals surface area contributed by atoms with E-state index in [0.29, 0.717) is 5.92 Å². The van der Waals surface area contributed by atoms with Crippen LogP contribution in [-0.4, -0.2) is 16.5 Å². The topological polar surface area (TPSA) is 51.1 Å². The largest absolute Gasteiger partial charge is 0.352 e. The van der Waals surface area contributed by atoms with Gasteiger partial charge in [0, 0.05) is 18.3 Å². The fourth-order valence-electron chi connectivity index (χ4n) is 4.06. The summed E-state index contributed by atoms with van der Waals surface area (Å²) < 4.78 is 1.45. The molecule has 2 fully saturated rings. The summed E-state index contributed by atoms with van der Waals surface area (Å²) in [6.07, 6.45) is 6.97. The van der Waals surface area contributed by atoms with E-state index in [2.05, 4.69) is 12.2 Å². The third-order valence-corrected chi connectivity index (χ3v) is 5.04. The van der Waals surface area contributed by atoms with Gasteiger partial charge in [-0.25, -0.2) is 0 Å². The summed E-state index contributed by atoms with van der Waals surface area (Å²) in [6.45, 7) is 2.22. The molecule has 4 heteroatoms. The molecular formula is C16H22N2O2. The molecule has 0 radical (unpaired) electrons. The van der Waals surface area contributed by atoms with Crippen LogP contribution in [0.5, 0.6) is 0 Å². The van der Waals surface area contributed by atoms with Crippen LogP contribution in [0.25, 0.3) is 0 Å². The molecule has 0 saturated heterocycles. The summed E-state index contributed by atoms with van der Waals surface area (Å²) in [5.74, 6) is 2.26. The van der Waals surface area contributed by atoms with Gasteiger partial charge in [0.15, 0.2) is 0 Å². The van der Waals surface area contributed by atoms with Crippen LogP contribution >= 0.6 is 0 Å². The summed E-state index contributed by atoms with van der Waals surface area (Å²) in [5, 5.41) is 3.08. The zero-order chi connectivity index (χ0) is 14.1. The fourth-order valence-corrected chi connectivity index (χ4v) is 4.06. The standard InChI is InChI=1S/C16H22N2O2/c1-11(14-9-12-5-6-13(14)8-12)17-15(19)10-18-7-3-2-4-16(18)20/h2-4,7,11-14H,5-6,8-10H2,1H3,(H,17,19). The molecule has 1 heterocycles. The molecule has 2 saturated carbocycles. The highest BCUT2D eigenvalue weighted by Crippen LogP contribution is 2.49. The average molecular weight is 274 g/mol. The number of hydrogen-bond acceptors (Lipinski definition) is 2. The van der Waals surface area contributed by atoms with E-state index in [4.69, 9.17) is 0 Å². The van der Waals surface area contributed by atoms with Crippen molar-refractivity contribution >= 4 is 5.91 Å². The van der Waals surface area contributed by atoms with Gasteiger partial charge >= 0.3 is 0 Å². The number of pyridine rings is 1. The first-order valence-corrected chi connectivity index (χ1v) is 7.58. The Morgan fingerprint density at radius 2 is 2.25 bits per heavy atom. The number of carbonyl (C=O) groups is 1. The normalized spacial score (nSPS) is 29.4. The van der Waals surface area contributed by atoms with Gasteiger partial charge < -0.3 is 9.88 Å². The van der Waals surface area contributed by atoms with Crippen molar-refractivity contribution in [2.45, 2.75) is 45.2 Å². The monoisotopic (exact) mass is 274 g/mol. The second kappa shape index (κ2) is 5.43. The van der Waals surface area contributed by atoms with Crippen LogP contribution in [0.3, 0.4) is 0 Å². The number of rotatable bonds is 4. The molecule has 108 valence electrons. The van der Waals surface area contributed by atoms with Crippen molar-refractivity contribution in [2.24, 2.45) is 17.8 Å². The Bertz CT molecular complexity index is 551. The summed E-state index contributed by atoms with van der Waals surface area (Å²) in [7, 11) is 0. The predicted octanol–water partition coefficient (Wildman–Crippen LogP) is 1.79. The lowest BCUT2D eigenvalue weighted by Crippen LogP contribution is -2.42. The summed E-state index contributed by atoms with van der Waals surface area (Å²) in [5.41, 5.74) is -0.129. The molecule has 4 nitrogen and oxygen atoms in total. The molecule has 20 heavy (non-hydrogen) atoms. The smallest absolute Gasteiger partial charge is 0.250 e. The summed E-state index contributed by atoms with van der Waals surface area (Å²) >= 11 is 0. The van der Waals surface area contributed by atoms with Gasteiger partial charge in [0.1, 0.15) is 6.54 Å². The van der Waals surface area contributed by atoms with Crippen LogP contribution in [-0.2, 0) is 11.3 Å². The first-order chi connectivity index (χ1) is 9.63. The zero-order valence-corrected chi connectivity index (χ0v) is 11.9. The molecule has 2 aliphatic carbocycles. The Labute approximate surface area is 119 Å². The Morgan fingerprint density at radius 3 is 2.90 bits per heavy atom. The molecular weight excluding hydrogens is 252 g/mol. The third-order valence-electron chi connectivity index (χ3n) is 5.04. The van der Waals surface area contributed by atoms with Crippen molar-refractivity contribution in [3.63, 3.8) is 0 Å². The number of carbonyl (C=O) groups excluding carboxylic acids is 1. The molecule has 4 unspecified atom stereocenters. The molecule has 2 bridgehead atoms. The van der Waals surface area contributed by atoms with Crippen molar-refractivity contribution < 1.29 is 4.79 Å². The van der Waals surface area contributed by atoms with E-state index in [1.165, 1.54) is 36.3 Å². The van der Waals surface area contributed by atoms with E-state index in [1.807, 2.05) is 0 Å². The highest BCUT2D eigenvalue weighted by Gasteiger charge is 2.42. The maximum absolute atomic E-state index is 12.1. The Morgan fingerprint density at radius 1 is 1.40 bits per heavy atom. The van der Waals surface area contributed by atoms with E-state index in [1.54, 1.807) is 18.3 Å². The van der Waals surface area contributed by atoms with E-state index >= 15 is 0 Å². The van der Waals surface area contributed by atoms with Crippen LogP contribution in [0.1, 0.15) is 32.6 Å². The quantitative estimate of drug-likeness (QED) is 0.910. The maximum Gasteiger partial charge on any atom is 0.250 e. The minimum Gasteiger partial charge on any atom is -0.352 e. The fraction of sp³-hybridized carbons (Fsp3) is 0.625. The van der Waals surface area contributed by atoms with Crippen LogP contribution in [0.15, 0.2) is 29.2 Å². The van der Waals surface area contributed by atoms with Crippen LogP contribution < -0.4 is 10.9 Å². The molecule has 1 aromatic heterocycles. The lowest BCUT2D eigenvalue weighted by Gasteiger charge is -2.28. The van der Waals surface area contributed by atoms with Crippen molar-refractivity contribution in [1.82, 2.24) is 9.88 Å². The SMILES string of the molecule is CC(NC(=O)Cn1ccccc1=O)C1CC2CCC1C2. The van der Waals surface area contributed by atoms with E-state index in [-0.39, 0.29) is 24.1 Å². The number of fused-ring (bicyclic) bond motifs is 2. The second-order valence-electron chi connectivity index (χ2n) is 6.36. The molecule has 1 N–H and O–H groups in total. The number of nitrogens with zero attached hydrogens (tertiary/aromatic N) is 1. The van der Waals surface area contributed by atoms with Gasteiger partial charge in [-0.2, -0.15) is 0 Å². The van der Waals surface area contributed by atoms with Crippen LogP contribution in [0.2, 0.25) is 0 Å². The molecule has 0 aliphatic heterocycles. The van der Waals surface area contributed by atoms with Gasteiger partial charge in [0.25, 0.3) is 5.56 Å². The minimum atomic E-state index is -0.129. The van der Waals surface area contributed by atoms with Crippen molar-refractivity contribution in [2.75, 3.05) is 0 Å². The van der Waals surface area contributed by atoms with E-state index in [9.17, 15) is 9.59 Å². The van der Waals surface area contributed by atoms with Crippen molar-refractivity contribution in [1.29, 1.82) is 0 Å². The lowest BCUT2D eigenvalue weighted by molar-refractivity contribution is -0.122. The van der Waals surface area contributed by atoms with Gasteiger partial charge in [-0.3, -0.25) is 9.59 Å². The number of aromatic nitrogens is 1. The third kappa shape index (κ3) is 2.65. The van der Waals surface area contributed by atoms with Gasteiger partial charge in [-0.05, 0) is 50.0 Å². The summed E-state index contributed by atoms with van der Waals surface area (Å²) in [6, 6.07) is 5.16. The predicted molar refractivity (Wildman–Crippen MR) is 77.2 cm³/mol.